The second-order valence-corrected chi connectivity index (χ2v) is 20.7. The lowest BCUT2D eigenvalue weighted by Gasteiger charge is -2.29. The first kappa shape index (κ1) is 39.8. The van der Waals surface area contributed by atoms with E-state index in [2.05, 4.69) is 31.8 Å². The van der Waals surface area contributed by atoms with Crippen molar-refractivity contribution in [2.45, 2.75) is 97.9 Å². The Balaban J connectivity index is 1.57. The number of rotatable bonds is 10. The van der Waals surface area contributed by atoms with Gasteiger partial charge in [0.05, 0.1) is 18.1 Å². The molecule has 278 valence electrons. The maximum absolute atomic E-state index is 13.7. The molecule has 51 heavy (non-hydrogen) atoms. The van der Waals surface area contributed by atoms with Gasteiger partial charge < -0.3 is 29.0 Å². The Labute approximate surface area is 323 Å². The molecule has 1 fully saturated rings. The normalized spacial score (nSPS) is 26.7. The van der Waals surface area contributed by atoms with E-state index in [1.807, 2.05) is 64.1 Å². The molecule has 2 amide bonds. The number of epoxide rings is 1. The molecule has 0 bridgehead atoms. The lowest BCUT2D eigenvalue weighted by Crippen LogP contribution is -2.51. The topological polar surface area (TPSA) is 133 Å². The van der Waals surface area contributed by atoms with Crippen molar-refractivity contribution >= 4 is 72.0 Å². The van der Waals surface area contributed by atoms with E-state index in [1.165, 1.54) is 6.08 Å². The lowest BCUT2D eigenvalue weighted by molar-refractivity contribution is -0.179. The zero-order valence-electron chi connectivity index (χ0n) is 30.7. The smallest absolute Gasteiger partial charge is 0.347 e. The average molecular weight is 875 g/mol. The molecule has 0 spiro atoms. The number of carbonyl (C=O) groups excluding carboxylic acids is 4. The van der Waals surface area contributed by atoms with Crippen LogP contribution in [0, 0.1) is 24.2 Å². The molecule has 4 rings (SSSR count). The van der Waals surface area contributed by atoms with E-state index < -0.39 is 54.9 Å². The fraction of sp³-hybridized carbons (Fsp3) is 0.514. The van der Waals surface area contributed by atoms with Gasteiger partial charge in [0.15, 0.2) is 6.10 Å². The van der Waals surface area contributed by atoms with Crippen LogP contribution >= 0.6 is 40.8 Å². The first-order valence-electron chi connectivity index (χ1n) is 17.4. The van der Waals surface area contributed by atoms with Crippen molar-refractivity contribution in [1.29, 1.82) is 1.28 Å². The van der Waals surface area contributed by atoms with Gasteiger partial charge in [-0.3, -0.25) is 14.4 Å². The number of aryl methyl sites for hydroxylation is 1. The molecule has 7 atom stereocenters. The molecule has 2 aliphatic heterocycles. The Bertz CT molecular complexity index is 1680. The summed E-state index contributed by atoms with van der Waals surface area (Å²) >= 11 is 8.46. The Morgan fingerprint density at radius 2 is 1.80 bits per heavy atom. The van der Waals surface area contributed by atoms with E-state index in [4.69, 9.17) is 31.3 Å². The van der Waals surface area contributed by atoms with Crippen LogP contribution in [-0.2, 0) is 58.1 Å². The molecule has 10 nitrogen and oxygen atoms in total. The minimum absolute atomic E-state index is 0.00793. The Morgan fingerprint density at radius 3 is 2.47 bits per heavy atom. The summed E-state index contributed by atoms with van der Waals surface area (Å²) < 4.78 is 31.1. The van der Waals surface area contributed by atoms with Crippen LogP contribution in [0.25, 0.3) is 0 Å². The van der Waals surface area contributed by atoms with Gasteiger partial charge >= 0.3 is 11.9 Å². The highest BCUT2D eigenvalue weighted by Crippen LogP contribution is 2.45. The molecule has 0 radical (unpaired) electrons. The molecular weight excluding hydrogens is 826 g/mol. The number of carbonyl (C=O) groups is 4. The van der Waals surface area contributed by atoms with Crippen LogP contribution in [0.3, 0.4) is 0 Å². The molecule has 3 unspecified atom stereocenters. The maximum atomic E-state index is 13.7. The van der Waals surface area contributed by atoms with Crippen LogP contribution in [0.2, 0.25) is 5.02 Å². The van der Waals surface area contributed by atoms with Crippen molar-refractivity contribution in [3.8, 4) is 0 Å². The minimum Gasteiger partial charge on any atom is -0.459 e. The van der Waals surface area contributed by atoms with Crippen molar-refractivity contribution < 1.29 is 37.6 Å². The zero-order chi connectivity index (χ0) is 38.2. The van der Waals surface area contributed by atoms with E-state index >= 15 is 0 Å². The maximum Gasteiger partial charge on any atom is 0.347 e. The predicted octanol–water partition coefficient (Wildman–Crippen LogP) is 6.88. The second-order valence-electron chi connectivity index (χ2n) is 14.2. The number of esters is 2. The summed E-state index contributed by atoms with van der Waals surface area (Å²) in [4.78, 5) is 53.9. The van der Waals surface area contributed by atoms with Crippen LogP contribution in [0.4, 0.5) is 0 Å². The van der Waals surface area contributed by atoms with Gasteiger partial charge in [0.25, 0.3) is 0 Å². The van der Waals surface area contributed by atoms with E-state index in [9.17, 15) is 19.2 Å². The van der Waals surface area contributed by atoms with Gasteiger partial charge in [-0.1, -0.05) is 82.8 Å². The van der Waals surface area contributed by atoms with E-state index in [1.54, 1.807) is 26.0 Å². The fourth-order valence-electron chi connectivity index (χ4n) is 5.67. The highest BCUT2D eigenvalue weighted by molar-refractivity contribution is 14.2. The van der Waals surface area contributed by atoms with Gasteiger partial charge in [0.1, 0.15) is 19.5 Å². The molecule has 2 aromatic rings. The van der Waals surface area contributed by atoms with Crippen molar-refractivity contribution in [2.75, 3.05) is 6.54 Å². The molecule has 1 saturated heterocycles. The number of benzene rings is 2. The van der Waals surface area contributed by atoms with E-state index in [0.717, 1.165) is 22.3 Å². The number of hydrogen-bond donors (Lipinski definition) is 2. The third-order valence-corrected chi connectivity index (χ3v) is 10.7. The van der Waals surface area contributed by atoms with Crippen LogP contribution in [0.1, 0.15) is 75.8 Å². The monoisotopic (exact) mass is 874 g/mol. The number of cyclic esters (lactones) is 2. The van der Waals surface area contributed by atoms with Crippen LogP contribution < -0.4 is 10.6 Å². The largest absolute Gasteiger partial charge is 0.459 e. The number of halogens is 2. The van der Waals surface area contributed by atoms with Gasteiger partial charge in [-0.25, -0.2) is 4.79 Å². The third kappa shape index (κ3) is 12.4. The summed E-state index contributed by atoms with van der Waals surface area (Å²) in [5.41, 5.74) is 2.39. The molecule has 2 N–H and O–H groups in total. The summed E-state index contributed by atoms with van der Waals surface area (Å²) in [6.45, 7) is 11.2. The molecular formula is C37H47ClIN2O8PS. The van der Waals surface area contributed by atoms with Gasteiger partial charge in [0.2, 0.25) is 11.8 Å². The number of amides is 2. The van der Waals surface area contributed by atoms with E-state index in [-0.39, 0.29) is 49.9 Å². The standard InChI is InChI=1S/C37H47ClIN2O8PS/c1-21(2)16-30-35(44)47-29(23(4)32-33(49-32)26-14-12-24(13-15-26)19-46-51(39)50)8-7-9-31(42)41-28(18-25-11-10-22(3)27(38)17-25)34(43)40-20-37(5,6)36(45)48-30/h7,9-15,17,21,23,28-30,32-33,50H,8,16,18-20H2,1-6H3,(H,40,43)(H,41,42)/b9-7+/t23-,28+,29-,30-,32?,33?,51?/m0/s1/i50T. The van der Waals surface area contributed by atoms with Gasteiger partial charge in [0, 0.05) is 59.1 Å². The van der Waals surface area contributed by atoms with Crippen LogP contribution in [0.5, 0.6) is 0 Å². The van der Waals surface area contributed by atoms with Crippen molar-refractivity contribution in [1.82, 2.24) is 10.6 Å². The number of ether oxygens (including phenoxy) is 3. The Hall–Kier alpha value is -2.35. The average Bonchev–Trinajstić information content (AvgIpc) is 3.90. The zero-order valence-corrected chi connectivity index (χ0v) is 34.3. The quantitative estimate of drug-likeness (QED) is 0.114. The lowest BCUT2D eigenvalue weighted by atomic mass is 9.92. The van der Waals surface area contributed by atoms with Gasteiger partial charge in [-0.05, 0) is 67.5 Å². The van der Waals surface area contributed by atoms with Crippen molar-refractivity contribution in [3.63, 3.8) is 0 Å². The van der Waals surface area contributed by atoms with Crippen LogP contribution in [0.15, 0.2) is 54.6 Å². The second kappa shape index (κ2) is 18.6. The van der Waals surface area contributed by atoms with Gasteiger partial charge in [-0.2, -0.15) is 0 Å². The number of nitrogens with one attached hydrogen (secondary N) is 2. The highest BCUT2D eigenvalue weighted by Gasteiger charge is 2.48. The minimum atomic E-state index is -1.20. The van der Waals surface area contributed by atoms with Crippen molar-refractivity contribution in [3.05, 3.63) is 81.9 Å². The predicted molar refractivity (Wildman–Crippen MR) is 209 cm³/mol. The third-order valence-electron chi connectivity index (χ3n) is 8.93. The molecule has 2 aromatic carbocycles. The first-order valence-corrected chi connectivity index (χ1v) is 22.0. The van der Waals surface area contributed by atoms with Crippen LogP contribution in [-0.4, -0.2) is 55.9 Å². The van der Waals surface area contributed by atoms with Crippen molar-refractivity contribution in [2.24, 2.45) is 17.3 Å². The summed E-state index contributed by atoms with van der Waals surface area (Å²) in [6, 6.07) is 12.4. The molecule has 14 heteroatoms. The SMILES string of the molecule is [3H]P=S(I)OCc1ccc(C2OC2[C@@H](C)[C@@H]2C/C=C/C(=O)N[C@H](Cc3ccc(C)c(Cl)c3)C(=O)NCC(C)(C)C(=O)O[C@@H](CC(C)C)C(=O)O2)cc1. The van der Waals surface area contributed by atoms with E-state index in [0.29, 0.717) is 19.6 Å². The highest BCUT2D eigenvalue weighted by atomic mass is 127. The molecule has 0 aliphatic carbocycles. The molecule has 2 aliphatic rings. The van der Waals surface area contributed by atoms with Gasteiger partial charge in [-0.15, -0.1) is 0 Å². The summed E-state index contributed by atoms with van der Waals surface area (Å²) in [5, 5.41) is 6.13. The summed E-state index contributed by atoms with van der Waals surface area (Å²) in [7, 11) is -0.0313. The first-order chi connectivity index (χ1) is 24.6. The Morgan fingerprint density at radius 1 is 1.10 bits per heavy atom. The Kier molecular flexibility index (Phi) is 14.5. The molecule has 0 aromatic heterocycles. The molecule has 2 heterocycles. The summed E-state index contributed by atoms with van der Waals surface area (Å²) in [6.07, 6.45) is 1.17. The molecule has 0 saturated carbocycles. The number of hydrogen-bond acceptors (Lipinski definition) is 8. The fourth-order valence-corrected chi connectivity index (χ4v) is 6.64. The summed E-state index contributed by atoms with van der Waals surface area (Å²) in [5.74, 6) is -2.60.